The number of nitrogen functional groups attached to an aromatic ring is 1. The summed E-state index contributed by atoms with van der Waals surface area (Å²) in [6.45, 7) is 0. The van der Waals surface area contributed by atoms with Crippen LogP contribution >= 0.6 is 0 Å². The molecule has 0 aliphatic carbocycles. The first-order valence-corrected chi connectivity index (χ1v) is 8.04. The van der Waals surface area contributed by atoms with Crippen molar-refractivity contribution in [3.05, 3.63) is 18.2 Å². The number of rotatable bonds is 4. The van der Waals surface area contributed by atoms with Crippen molar-refractivity contribution in [2.24, 2.45) is 20.5 Å². The maximum absolute atomic E-state index is 12.0. The molecule has 23 heavy (non-hydrogen) atoms. The molecular formula is C13H15N5O4S. The monoisotopic (exact) mass is 337 g/mol. The Labute approximate surface area is 132 Å². The predicted molar refractivity (Wildman–Crippen MR) is 85.2 cm³/mol. The molecule has 0 bridgehead atoms. The van der Waals surface area contributed by atoms with Gasteiger partial charge in [-0.1, -0.05) is 6.07 Å². The number of nitrogens with zero attached hydrogens (tertiary/aromatic N) is 4. The zero-order valence-electron chi connectivity index (χ0n) is 12.4. The summed E-state index contributed by atoms with van der Waals surface area (Å²) in [5.41, 5.74) is 6.15. The molecule has 0 radical (unpaired) electrons. The number of aliphatic hydroxyl groups is 1. The average Bonchev–Trinajstić information content (AvgIpc) is 2.52. The normalized spacial score (nSPS) is 12.7. The van der Waals surface area contributed by atoms with Gasteiger partial charge in [-0.15, -0.1) is 0 Å². The van der Waals surface area contributed by atoms with Crippen LogP contribution in [0.3, 0.4) is 0 Å². The Morgan fingerprint density at radius 1 is 1.17 bits per heavy atom. The third-order valence-corrected chi connectivity index (χ3v) is 4.47. The molecule has 122 valence electrons. The number of phenolic OH excluding ortho intramolecular Hbond substituents is 1. The van der Waals surface area contributed by atoms with E-state index in [0.717, 1.165) is 0 Å². The molecule has 9 nitrogen and oxygen atoms in total. The van der Waals surface area contributed by atoms with Crippen molar-refractivity contribution in [2.45, 2.75) is 4.90 Å². The Morgan fingerprint density at radius 3 is 2.39 bits per heavy atom. The lowest BCUT2D eigenvalue weighted by Gasteiger charge is -2.12. The summed E-state index contributed by atoms with van der Waals surface area (Å²) in [4.78, 5) is -0.333. The number of benzene rings is 2. The fraction of sp³-hybridized carbons (Fsp3) is 0.231. The van der Waals surface area contributed by atoms with Crippen LogP contribution in [0, 0.1) is 0 Å². The van der Waals surface area contributed by atoms with Crippen LogP contribution < -0.4 is 5.73 Å². The number of hydrogen-bond donors (Lipinski definition) is 3. The first-order valence-electron chi connectivity index (χ1n) is 6.38. The molecule has 4 N–H and O–H groups in total. The van der Waals surface area contributed by atoms with Gasteiger partial charge < -0.3 is 15.9 Å². The molecule has 0 amide bonds. The minimum Gasteiger partial charge on any atom is -0.505 e. The number of aliphatic hydroxyl groups excluding tert-OH is 1. The van der Waals surface area contributed by atoms with Crippen LogP contribution in [0.15, 0.2) is 43.6 Å². The summed E-state index contributed by atoms with van der Waals surface area (Å²) in [6, 6.07) is 4.35. The molecule has 2 aromatic rings. The van der Waals surface area contributed by atoms with E-state index >= 15 is 0 Å². The van der Waals surface area contributed by atoms with Gasteiger partial charge in [0.15, 0.2) is 5.75 Å². The Morgan fingerprint density at radius 2 is 1.83 bits per heavy atom. The molecule has 0 spiro atoms. The van der Waals surface area contributed by atoms with Gasteiger partial charge in [0.25, 0.3) is 0 Å². The van der Waals surface area contributed by atoms with Gasteiger partial charge in [0, 0.05) is 14.1 Å². The molecular weight excluding hydrogens is 322 g/mol. The molecule has 0 unspecified atom stereocenters. The van der Waals surface area contributed by atoms with Gasteiger partial charge in [-0.2, -0.15) is 20.5 Å². The van der Waals surface area contributed by atoms with Crippen molar-refractivity contribution >= 4 is 37.7 Å². The third-order valence-electron chi connectivity index (χ3n) is 3.15. The summed E-state index contributed by atoms with van der Waals surface area (Å²) in [5, 5.41) is 34.7. The number of nitrogens with two attached hydrogens (primary N) is 1. The van der Waals surface area contributed by atoms with E-state index in [2.05, 4.69) is 20.5 Å². The minimum absolute atomic E-state index is 0.131. The number of sulfone groups is 1. The molecule has 10 heteroatoms. The fourth-order valence-corrected chi connectivity index (χ4v) is 3.03. The summed E-state index contributed by atoms with van der Waals surface area (Å²) in [6.07, 6.45) is 0. The van der Waals surface area contributed by atoms with Crippen LogP contribution in [-0.4, -0.2) is 38.7 Å². The Bertz CT molecular complexity index is 922. The van der Waals surface area contributed by atoms with E-state index in [-0.39, 0.29) is 21.7 Å². The largest absolute Gasteiger partial charge is 0.505 e. The van der Waals surface area contributed by atoms with E-state index in [1.54, 1.807) is 12.1 Å². The van der Waals surface area contributed by atoms with Crippen LogP contribution in [0.25, 0.3) is 10.8 Å². The first kappa shape index (κ1) is 16.8. The van der Waals surface area contributed by atoms with Gasteiger partial charge in [-0.05, 0) is 17.5 Å². The van der Waals surface area contributed by atoms with E-state index < -0.39 is 21.5 Å². The van der Waals surface area contributed by atoms with Crippen molar-refractivity contribution in [1.82, 2.24) is 0 Å². The highest BCUT2D eigenvalue weighted by Gasteiger charge is 2.24. The van der Waals surface area contributed by atoms with Gasteiger partial charge in [0.2, 0.25) is 9.84 Å². The SMILES string of the molecule is CN=Nc1ccc2cc(S(=O)(=O)CO)c(N=NC)c(O)c2c1N. The molecule has 0 heterocycles. The Hall–Kier alpha value is -2.59. The standard InChI is InChI=1S/C13H15N5O4S/c1-15-17-8-4-3-7-5-9(23(21,22)6-19)12(18-16-2)13(20)10(7)11(8)14/h3-5,19-20H,6,14H2,1-2H3. The summed E-state index contributed by atoms with van der Waals surface area (Å²) >= 11 is 0. The average molecular weight is 337 g/mol. The van der Waals surface area contributed by atoms with E-state index in [4.69, 9.17) is 10.8 Å². The highest BCUT2D eigenvalue weighted by Crippen LogP contribution is 2.45. The van der Waals surface area contributed by atoms with Crippen molar-refractivity contribution in [1.29, 1.82) is 0 Å². The number of anilines is 1. The molecule has 2 rings (SSSR count). The van der Waals surface area contributed by atoms with Crippen LogP contribution in [-0.2, 0) is 9.84 Å². The van der Waals surface area contributed by atoms with E-state index in [1.165, 1.54) is 20.2 Å². The third kappa shape index (κ3) is 2.85. The molecule has 0 aromatic heterocycles. The van der Waals surface area contributed by atoms with E-state index in [0.29, 0.717) is 11.1 Å². The summed E-state index contributed by atoms with van der Waals surface area (Å²) in [7, 11) is -1.25. The summed E-state index contributed by atoms with van der Waals surface area (Å²) < 4.78 is 24.0. The molecule has 0 saturated carbocycles. The van der Waals surface area contributed by atoms with Gasteiger partial charge in [0.1, 0.15) is 22.2 Å². The van der Waals surface area contributed by atoms with E-state index in [1.807, 2.05) is 0 Å². The molecule has 0 aliphatic rings. The topological polar surface area (TPSA) is 150 Å². The second-order valence-electron chi connectivity index (χ2n) is 4.51. The first-order chi connectivity index (χ1) is 10.9. The summed E-state index contributed by atoms with van der Waals surface area (Å²) in [5.74, 6) is -1.58. The minimum atomic E-state index is -4.04. The smallest absolute Gasteiger partial charge is 0.204 e. The quantitative estimate of drug-likeness (QED) is 0.577. The van der Waals surface area contributed by atoms with Crippen molar-refractivity contribution < 1.29 is 18.6 Å². The zero-order valence-corrected chi connectivity index (χ0v) is 13.2. The van der Waals surface area contributed by atoms with Gasteiger partial charge in [-0.25, -0.2) is 8.42 Å². The van der Waals surface area contributed by atoms with Crippen molar-refractivity contribution in [2.75, 3.05) is 25.8 Å². The maximum Gasteiger partial charge on any atom is 0.204 e. The molecule has 2 aromatic carbocycles. The Balaban J connectivity index is 2.99. The second-order valence-corrected chi connectivity index (χ2v) is 6.44. The van der Waals surface area contributed by atoms with Gasteiger partial charge >= 0.3 is 0 Å². The maximum atomic E-state index is 12.0. The predicted octanol–water partition coefficient (Wildman–Crippen LogP) is 2.28. The zero-order chi connectivity index (χ0) is 17.2. The molecule has 0 saturated heterocycles. The van der Waals surface area contributed by atoms with Crippen LogP contribution in [0.1, 0.15) is 0 Å². The number of fused-ring (bicyclic) bond motifs is 1. The number of phenols is 1. The van der Waals surface area contributed by atoms with Crippen molar-refractivity contribution in [3.63, 3.8) is 0 Å². The van der Waals surface area contributed by atoms with E-state index in [9.17, 15) is 13.5 Å². The van der Waals surface area contributed by atoms with Crippen LogP contribution in [0.5, 0.6) is 5.75 Å². The van der Waals surface area contributed by atoms with Crippen LogP contribution in [0.2, 0.25) is 0 Å². The lowest BCUT2D eigenvalue weighted by Crippen LogP contribution is -2.06. The number of azo groups is 2. The Kier molecular flexibility index (Phi) is 4.57. The van der Waals surface area contributed by atoms with Gasteiger partial charge in [-0.3, -0.25) is 0 Å². The van der Waals surface area contributed by atoms with Crippen LogP contribution in [0.4, 0.5) is 17.1 Å². The van der Waals surface area contributed by atoms with Gasteiger partial charge in [0.05, 0.1) is 11.1 Å². The molecule has 0 atom stereocenters. The van der Waals surface area contributed by atoms with Crippen molar-refractivity contribution in [3.8, 4) is 5.75 Å². The second kappa shape index (κ2) is 6.26. The highest BCUT2D eigenvalue weighted by atomic mass is 32.2. The fourth-order valence-electron chi connectivity index (χ4n) is 2.15. The molecule has 0 aliphatic heterocycles. The number of hydrogen-bond acceptors (Lipinski definition) is 9. The lowest BCUT2D eigenvalue weighted by atomic mass is 10.1. The lowest BCUT2D eigenvalue weighted by molar-refractivity contribution is 0.358. The highest BCUT2D eigenvalue weighted by molar-refractivity contribution is 7.91. The molecule has 0 fully saturated rings. The number of aromatic hydroxyl groups is 1.